The monoisotopic (exact) mass is 295 g/mol. The molecule has 3 nitrogen and oxygen atoms in total. The first-order valence-corrected chi connectivity index (χ1v) is 6.54. The third kappa shape index (κ3) is 4.27. The Hall–Kier alpha value is -1.92. The number of hydrazine groups is 1. The van der Waals surface area contributed by atoms with Crippen molar-refractivity contribution in [1.29, 1.82) is 0 Å². The molecule has 1 aromatic carbocycles. The maximum atomic E-state index is 12.7. The molecule has 0 bridgehead atoms. The van der Waals surface area contributed by atoms with E-state index in [-0.39, 0.29) is 6.04 Å². The maximum absolute atomic E-state index is 12.7. The molecule has 0 radical (unpaired) electrons. The number of benzene rings is 1. The van der Waals surface area contributed by atoms with Gasteiger partial charge in [-0.1, -0.05) is 18.2 Å². The Bertz CT molecular complexity index is 570. The number of rotatable bonds is 5. The Balaban J connectivity index is 2.10. The number of alkyl halides is 3. The second-order valence-corrected chi connectivity index (χ2v) is 4.70. The topological polar surface area (TPSA) is 50.9 Å². The Morgan fingerprint density at radius 3 is 2.57 bits per heavy atom. The summed E-state index contributed by atoms with van der Waals surface area (Å²) < 4.78 is 38.2. The van der Waals surface area contributed by atoms with Crippen molar-refractivity contribution in [1.82, 2.24) is 10.4 Å². The summed E-state index contributed by atoms with van der Waals surface area (Å²) in [6.45, 7) is 0. The van der Waals surface area contributed by atoms with Crippen molar-refractivity contribution in [3.8, 4) is 0 Å². The van der Waals surface area contributed by atoms with E-state index in [0.717, 1.165) is 17.8 Å². The molecule has 0 aliphatic rings. The molecule has 21 heavy (non-hydrogen) atoms. The summed E-state index contributed by atoms with van der Waals surface area (Å²) in [5.41, 5.74) is 3.30. The number of nitrogens with two attached hydrogens (primary N) is 1. The van der Waals surface area contributed by atoms with Gasteiger partial charge in [0.2, 0.25) is 0 Å². The Labute approximate surface area is 121 Å². The van der Waals surface area contributed by atoms with Crippen molar-refractivity contribution in [3.63, 3.8) is 0 Å². The minimum absolute atomic E-state index is 0.352. The molecular weight excluding hydrogens is 279 g/mol. The second kappa shape index (κ2) is 6.69. The predicted octanol–water partition coefficient (Wildman–Crippen LogP) is 3.24. The number of aromatic nitrogens is 1. The van der Waals surface area contributed by atoms with Crippen LogP contribution in [0.4, 0.5) is 13.2 Å². The zero-order valence-electron chi connectivity index (χ0n) is 11.3. The minimum atomic E-state index is -4.35. The van der Waals surface area contributed by atoms with E-state index in [2.05, 4.69) is 10.4 Å². The van der Waals surface area contributed by atoms with Crippen LogP contribution < -0.4 is 11.3 Å². The third-order valence-corrected chi connectivity index (χ3v) is 3.23. The fourth-order valence-corrected chi connectivity index (χ4v) is 2.12. The van der Waals surface area contributed by atoms with Crippen LogP contribution in [0.3, 0.4) is 0 Å². The summed E-state index contributed by atoms with van der Waals surface area (Å²) in [5.74, 6) is 5.48. The van der Waals surface area contributed by atoms with E-state index >= 15 is 0 Å². The van der Waals surface area contributed by atoms with E-state index < -0.39 is 11.7 Å². The van der Waals surface area contributed by atoms with E-state index in [1.807, 2.05) is 18.2 Å². The standard InChI is InChI=1S/C15H16F3N3/c16-15(17,18)12-5-3-4-11(10-12)14(21-19)8-7-13-6-1-2-9-20-13/h1-6,9-10,14,21H,7-8,19H2. The highest BCUT2D eigenvalue weighted by atomic mass is 19.4. The molecule has 1 aromatic heterocycles. The molecule has 2 rings (SSSR count). The average molecular weight is 295 g/mol. The Morgan fingerprint density at radius 1 is 1.14 bits per heavy atom. The van der Waals surface area contributed by atoms with Crippen LogP contribution in [0.2, 0.25) is 0 Å². The van der Waals surface area contributed by atoms with E-state index in [0.29, 0.717) is 18.4 Å². The summed E-state index contributed by atoms with van der Waals surface area (Å²) in [6, 6.07) is 10.4. The van der Waals surface area contributed by atoms with Crippen molar-refractivity contribution in [2.24, 2.45) is 5.84 Å². The first kappa shape index (κ1) is 15.5. The molecule has 6 heteroatoms. The van der Waals surface area contributed by atoms with Gasteiger partial charge in [-0.05, 0) is 42.7 Å². The van der Waals surface area contributed by atoms with E-state index in [1.165, 1.54) is 6.07 Å². The smallest absolute Gasteiger partial charge is 0.271 e. The molecule has 1 atom stereocenters. The number of halogens is 3. The predicted molar refractivity (Wildman–Crippen MR) is 74.1 cm³/mol. The third-order valence-electron chi connectivity index (χ3n) is 3.23. The van der Waals surface area contributed by atoms with Gasteiger partial charge in [-0.2, -0.15) is 13.2 Å². The lowest BCUT2D eigenvalue weighted by molar-refractivity contribution is -0.137. The van der Waals surface area contributed by atoms with Crippen molar-refractivity contribution in [2.45, 2.75) is 25.1 Å². The Morgan fingerprint density at radius 2 is 1.95 bits per heavy atom. The van der Waals surface area contributed by atoms with E-state index in [9.17, 15) is 13.2 Å². The first-order valence-electron chi connectivity index (χ1n) is 6.54. The lowest BCUT2D eigenvalue weighted by atomic mass is 9.99. The minimum Gasteiger partial charge on any atom is -0.271 e. The van der Waals surface area contributed by atoms with Gasteiger partial charge in [0, 0.05) is 17.9 Å². The van der Waals surface area contributed by atoms with Crippen molar-refractivity contribution in [3.05, 3.63) is 65.5 Å². The van der Waals surface area contributed by atoms with Crippen LogP contribution in [0, 0.1) is 0 Å². The Kier molecular flexibility index (Phi) is 4.93. The van der Waals surface area contributed by atoms with Crippen LogP contribution in [0.25, 0.3) is 0 Å². The number of nitrogens with one attached hydrogen (secondary N) is 1. The van der Waals surface area contributed by atoms with Gasteiger partial charge >= 0.3 is 6.18 Å². The molecule has 3 N–H and O–H groups in total. The number of hydrogen-bond donors (Lipinski definition) is 2. The molecule has 0 spiro atoms. The van der Waals surface area contributed by atoms with E-state index in [4.69, 9.17) is 5.84 Å². The maximum Gasteiger partial charge on any atom is 0.416 e. The number of nitrogens with zero attached hydrogens (tertiary/aromatic N) is 1. The molecule has 0 saturated heterocycles. The van der Waals surface area contributed by atoms with E-state index in [1.54, 1.807) is 12.3 Å². The van der Waals surface area contributed by atoms with Crippen LogP contribution in [0.1, 0.15) is 29.3 Å². The number of aryl methyl sites for hydroxylation is 1. The highest BCUT2D eigenvalue weighted by Gasteiger charge is 2.30. The quantitative estimate of drug-likeness (QED) is 0.657. The molecule has 1 heterocycles. The average Bonchev–Trinajstić information content (AvgIpc) is 2.48. The summed E-state index contributed by atoms with van der Waals surface area (Å²) in [5, 5.41) is 0. The van der Waals surface area contributed by atoms with Gasteiger partial charge in [-0.25, -0.2) is 0 Å². The molecule has 1 unspecified atom stereocenters. The fraction of sp³-hybridized carbons (Fsp3) is 0.267. The summed E-state index contributed by atoms with van der Waals surface area (Å²) >= 11 is 0. The number of pyridine rings is 1. The van der Waals surface area contributed by atoms with Gasteiger partial charge in [-0.15, -0.1) is 0 Å². The summed E-state index contributed by atoms with van der Waals surface area (Å²) in [7, 11) is 0. The SMILES string of the molecule is NNC(CCc1ccccn1)c1cccc(C(F)(F)F)c1. The largest absolute Gasteiger partial charge is 0.416 e. The zero-order valence-corrected chi connectivity index (χ0v) is 11.3. The van der Waals surface area contributed by atoms with Gasteiger partial charge in [0.1, 0.15) is 0 Å². The van der Waals surface area contributed by atoms with Crippen LogP contribution in [0.15, 0.2) is 48.7 Å². The van der Waals surface area contributed by atoms with Gasteiger partial charge in [0.25, 0.3) is 0 Å². The van der Waals surface area contributed by atoms with Crippen molar-refractivity contribution in [2.75, 3.05) is 0 Å². The summed E-state index contributed by atoms with van der Waals surface area (Å²) in [6.07, 6.45) is -1.47. The van der Waals surface area contributed by atoms with Gasteiger partial charge < -0.3 is 0 Å². The van der Waals surface area contributed by atoms with Crippen molar-refractivity contribution >= 4 is 0 Å². The van der Waals surface area contributed by atoms with Crippen molar-refractivity contribution < 1.29 is 13.2 Å². The molecule has 0 aliphatic heterocycles. The number of hydrogen-bond acceptors (Lipinski definition) is 3. The fourth-order valence-electron chi connectivity index (χ4n) is 2.12. The highest BCUT2D eigenvalue weighted by molar-refractivity contribution is 5.28. The van der Waals surface area contributed by atoms with Gasteiger partial charge in [-0.3, -0.25) is 16.3 Å². The highest BCUT2D eigenvalue weighted by Crippen LogP contribution is 2.31. The normalized spacial score (nSPS) is 13.1. The second-order valence-electron chi connectivity index (χ2n) is 4.70. The zero-order chi connectivity index (χ0) is 15.3. The lowest BCUT2D eigenvalue weighted by Crippen LogP contribution is -2.28. The van der Waals surface area contributed by atoms with Crippen LogP contribution in [-0.4, -0.2) is 4.98 Å². The van der Waals surface area contributed by atoms with Crippen LogP contribution in [0.5, 0.6) is 0 Å². The van der Waals surface area contributed by atoms with Gasteiger partial charge in [0.05, 0.1) is 5.56 Å². The van der Waals surface area contributed by atoms with Crippen LogP contribution in [-0.2, 0) is 12.6 Å². The molecule has 0 aliphatic carbocycles. The molecular formula is C15H16F3N3. The first-order chi connectivity index (χ1) is 10.0. The molecule has 2 aromatic rings. The molecule has 0 amide bonds. The van der Waals surface area contributed by atoms with Crippen LogP contribution >= 0.6 is 0 Å². The molecule has 0 fully saturated rings. The molecule has 112 valence electrons. The summed E-state index contributed by atoms with van der Waals surface area (Å²) in [4.78, 5) is 4.19. The van der Waals surface area contributed by atoms with Gasteiger partial charge in [0.15, 0.2) is 0 Å². The lowest BCUT2D eigenvalue weighted by Gasteiger charge is -2.17. The molecule has 0 saturated carbocycles.